The van der Waals surface area contributed by atoms with Gasteiger partial charge in [0.2, 0.25) is 0 Å². The minimum absolute atomic E-state index is 0. The molecule has 0 fully saturated rings. The van der Waals surface area contributed by atoms with E-state index in [1.807, 2.05) is 0 Å². The van der Waals surface area contributed by atoms with Crippen molar-refractivity contribution in [2.24, 2.45) is 0 Å². The predicted octanol–water partition coefficient (Wildman–Crippen LogP) is -5.83. The smallest absolute Gasteiger partial charge is 1.00 e. The Morgan fingerprint density at radius 1 is 0.750 bits per heavy atom. The fourth-order valence-corrected chi connectivity index (χ4v) is 0. The number of halogens is 2. The van der Waals surface area contributed by atoms with Crippen molar-refractivity contribution < 1.29 is 45.9 Å². The zero-order valence-electron chi connectivity index (χ0n) is 1.78. The Bertz CT molecular complexity index is 6.00. The fraction of sp³-hybridized carbons (Fsp3) is 0. The maximum Gasteiger partial charge on any atom is 2.00 e. The molecule has 0 saturated heterocycles. The van der Waals surface area contributed by atoms with Crippen molar-refractivity contribution >= 4 is 0 Å². The van der Waals surface area contributed by atoms with E-state index in [9.17, 15) is 0 Å². The van der Waals surface area contributed by atoms with E-state index in [0.717, 1.165) is 0 Å². The Balaban J connectivity index is 0. The van der Waals surface area contributed by atoms with E-state index in [-0.39, 0.29) is 52.0 Å². The van der Waals surface area contributed by atoms with E-state index in [4.69, 9.17) is 0 Å². The van der Waals surface area contributed by atoms with E-state index < -0.39 is 0 Å². The zero-order valence-corrected chi connectivity index (χ0v) is 5.56. The van der Waals surface area contributed by atoms with Gasteiger partial charge in [0.1, 0.15) is 0 Å². The summed E-state index contributed by atoms with van der Waals surface area (Å²) >= 11 is 0. The van der Waals surface area contributed by atoms with Crippen molar-refractivity contribution in [1.29, 1.82) is 0 Å². The Morgan fingerprint density at radius 3 is 0.750 bits per heavy atom. The number of hydrogen-bond donors (Lipinski definition) is 1. The van der Waals surface area contributed by atoms with Gasteiger partial charge in [0.15, 0.2) is 0 Å². The minimum Gasteiger partial charge on any atom is -1.00 e. The summed E-state index contributed by atoms with van der Waals surface area (Å²) in [6, 6.07) is 0. The summed E-state index contributed by atoms with van der Waals surface area (Å²) in [7, 11) is 0. The molecule has 4 heteroatoms. The van der Waals surface area contributed by atoms with Crippen molar-refractivity contribution in [1.82, 2.24) is 6.15 Å². The van der Waals surface area contributed by atoms with Crippen LogP contribution in [0.3, 0.4) is 0 Å². The topological polar surface area (TPSA) is 35.0 Å². The van der Waals surface area contributed by atoms with Crippen molar-refractivity contribution in [2.45, 2.75) is 0 Å². The second-order valence-electron chi connectivity index (χ2n) is 0. The van der Waals surface area contributed by atoms with Gasteiger partial charge in [-0.1, -0.05) is 0 Å². The van der Waals surface area contributed by atoms with E-state index in [0.29, 0.717) is 0 Å². The van der Waals surface area contributed by atoms with Crippen molar-refractivity contribution in [3.8, 4) is 0 Å². The van der Waals surface area contributed by atoms with Crippen LogP contribution in [0.5, 0.6) is 0 Å². The summed E-state index contributed by atoms with van der Waals surface area (Å²) in [5.74, 6) is 0. The summed E-state index contributed by atoms with van der Waals surface area (Å²) in [4.78, 5) is 0. The molecule has 0 aromatic heterocycles. The molecule has 3 N–H and O–H groups in total. The van der Waals surface area contributed by atoms with Crippen LogP contribution in [0.15, 0.2) is 0 Å². The zero-order chi connectivity index (χ0) is 0. The summed E-state index contributed by atoms with van der Waals surface area (Å²) in [6.45, 7) is 0. The Morgan fingerprint density at radius 2 is 0.750 bits per heavy atom. The molecule has 0 bridgehead atoms. The molecule has 0 atom stereocenters. The number of rotatable bonds is 0. The third-order valence-corrected chi connectivity index (χ3v) is 0. The van der Waals surface area contributed by atoms with Crippen LogP contribution in [0.4, 0.5) is 0 Å². The molecule has 0 radical (unpaired) electrons. The van der Waals surface area contributed by atoms with Gasteiger partial charge in [0.25, 0.3) is 0 Å². The third-order valence-electron chi connectivity index (χ3n) is 0. The van der Waals surface area contributed by atoms with Crippen LogP contribution in [-0.2, 0) is 21.1 Å². The first kappa shape index (κ1) is 62.0. The Hall–Kier alpha value is 1.23. The quantitative estimate of drug-likeness (QED) is 0.472. The molecule has 0 unspecified atom stereocenters. The van der Waals surface area contributed by atoms with Gasteiger partial charge in [-0.2, -0.15) is 0 Å². The van der Waals surface area contributed by atoms with Gasteiger partial charge < -0.3 is 31.0 Å². The van der Waals surface area contributed by atoms with Crippen LogP contribution in [0, 0.1) is 0 Å². The molecule has 0 saturated carbocycles. The molecule has 4 heavy (non-hydrogen) atoms. The second kappa shape index (κ2) is 29.2. The van der Waals surface area contributed by atoms with Crippen molar-refractivity contribution in [3.63, 3.8) is 0 Å². The normalized spacial score (nSPS) is 0. The fourth-order valence-electron chi connectivity index (χ4n) is 0. The van der Waals surface area contributed by atoms with Gasteiger partial charge >= 0.3 is 21.1 Å². The SMILES string of the molecule is N.[Cl-].[Cl-].[Pt+2]. The van der Waals surface area contributed by atoms with Crippen LogP contribution < -0.4 is 31.0 Å². The first-order valence-electron chi connectivity index (χ1n) is 0. The first-order valence-corrected chi connectivity index (χ1v) is 0. The number of hydrogen-bond acceptors (Lipinski definition) is 1. The molecule has 0 aliphatic rings. The Labute approximate surface area is 52.2 Å². The van der Waals surface area contributed by atoms with E-state index in [2.05, 4.69) is 0 Å². The second-order valence-corrected chi connectivity index (χ2v) is 0. The summed E-state index contributed by atoms with van der Waals surface area (Å²) < 4.78 is 0. The van der Waals surface area contributed by atoms with Gasteiger partial charge in [-0.3, -0.25) is 0 Å². The predicted molar refractivity (Wildman–Crippen MR) is 5.02 cm³/mol. The van der Waals surface area contributed by atoms with Crippen LogP contribution in [0.25, 0.3) is 0 Å². The maximum absolute atomic E-state index is 0. The van der Waals surface area contributed by atoms with Gasteiger partial charge in [-0.15, -0.1) is 0 Å². The van der Waals surface area contributed by atoms with Crippen molar-refractivity contribution in [2.75, 3.05) is 0 Å². The molecule has 0 rings (SSSR count). The van der Waals surface area contributed by atoms with Crippen molar-refractivity contribution in [3.05, 3.63) is 0 Å². The summed E-state index contributed by atoms with van der Waals surface area (Å²) in [5.41, 5.74) is 0. The monoisotopic (exact) mass is 282 g/mol. The largest absolute Gasteiger partial charge is 2.00 e. The molecule has 0 aromatic carbocycles. The molecule has 32 valence electrons. The molecule has 0 amide bonds. The average molecular weight is 283 g/mol. The van der Waals surface area contributed by atoms with Crippen LogP contribution in [0.2, 0.25) is 0 Å². The van der Waals surface area contributed by atoms with Gasteiger partial charge in [-0.05, 0) is 0 Å². The molecule has 1 nitrogen and oxygen atoms in total. The molecule has 0 spiro atoms. The average Bonchev–Trinajstić information content (AvgIpc) is 0. The van der Waals surface area contributed by atoms with Gasteiger partial charge in [0, 0.05) is 0 Å². The Kier molecular flexibility index (Phi) is 452. The van der Waals surface area contributed by atoms with Crippen LogP contribution >= 0.6 is 0 Å². The van der Waals surface area contributed by atoms with E-state index >= 15 is 0 Å². The van der Waals surface area contributed by atoms with E-state index in [1.54, 1.807) is 0 Å². The van der Waals surface area contributed by atoms with Crippen LogP contribution in [0.1, 0.15) is 0 Å². The molecule has 0 aromatic rings. The minimum atomic E-state index is 0. The van der Waals surface area contributed by atoms with Crippen LogP contribution in [-0.4, -0.2) is 0 Å². The maximum atomic E-state index is 0. The third kappa shape index (κ3) is 10.6. The van der Waals surface area contributed by atoms with Gasteiger partial charge in [0.05, 0.1) is 0 Å². The van der Waals surface area contributed by atoms with E-state index in [1.165, 1.54) is 0 Å². The molecular formula is H3Cl2NPt. The summed E-state index contributed by atoms with van der Waals surface area (Å²) in [6.07, 6.45) is 0. The van der Waals surface area contributed by atoms with Gasteiger partial charge in [-0.25, -0.2) is 0 Å². The molecular weight excluding hydrogens is 280 g/mol. The molecule has 0 aliphatic carbocycles. The molecule has 0 aliphatic heterocycles. The first-order chi connectivity index (χ1) is 0. The standard InChI is InChI=1S/2ClH.H3N.Pt/h2*1H;1H3;/q;;;+2/p-2. The summed E-state index contributed by atoms with van der Waals surface area (Å²) in [5, 5.41) is 0. The molecule has 0 heterocycles.